The molecule has 0 amide bonds. The van der Waals surface area contributed by atoms with Gasteiger partial charge in [-0.05, 0) is 79.6 Å². The molecule has 212 valence electrons. The highest BCUT2D eigenvalue weighted by Gasteiger charge is 2.24. The third kappa shape index (κ3) is 9.04. The molecule has 4 rings (SSSR count). The maximum atomic E-state index is 11.5. The molecule has 0 radical (unpaired) electrons. The van der Waals surface area contributed by atoms with Crippen LogP contribution >= 0.6 is 35.1 Å². The predicted molar refractivity (Wildman–Crippen MR) is 162 cm³/mol. The third-order valence-corrected chi connectivity index (χ3v) is 7.00. The van der Waals surface area contributed by atoms with Gasteiger partial charge in [-0.15, -0.1) is 0 Å². The van der Waals surface area contributed by atoms with Crippen LogP contribution in [0.5, 0.6) is 0 Å². The Morgan fingerprint density at radius 3 is 1.75 bits per heavy atom. The zero-order chi connectivity index (χ0) is 29.1. The average Bonchev–Trinajstić information content (AvgIpc) is 3.58. The number of carboxylic acid groups (broad SMARTS) is 2. The number of rotatable bonds is 12. The molecule has 11 heteroatoms. The number of hydrogen-bond acceptors (Lipinski definition) is 8. The van der Waals surface area contributed by atoms with Crippen molar-refractivity contribution < 1.29 is 28.6 Å². The van der Waals surface area contributed by atoms with Gasteiger partial charge in [-0.25, -0.2) is 9.59 Å². The average molecular weight is 603 g/mol. The molecule has 0 fully saturated rings. The molecule has 0 aliphatic carbocycles. The van der Waals surface area contributed by atoms with Gasteiger partial charge in [0.2, 0.25) is 0 Å². The predicted octanol–water partition coefficient (Wildman–Crippen LogP) is 7.72. The summed E-state index contributed by atoms with van der Waals surface area (Å²) in [6.07, 6.45) is 3.94. The van der Waals surface area contributed by atoms with E-state index in [1.165, 1.54) is 0 Å². The summed E-state index contributed by atoms with van der Waals surface area (Å²) in [7, 11) is 0. The van der Waals surface area contributed by atoms with E-state index in [1.54, 1.807) is 66.0 Å². The first-order valence-corrected chi connectivity index (χ1v) is 15.3. The van der Waals surface area contributed by atoms with Crippen LogP contribution in [-0.2, 0) is 21.1 Å². The van der Waals surface area contributed by atoms with Crippen LogP contribution in [0.3, 0.4) is 0 Å². The molecule has 0 spiro atoms. The van der Waals surface area contributed by atoms with Crippen molar-refractivity contribution >= 4 is 58.4 Å². The Labute approximate surface area is 246 Å². The highest BCUT2D eigenvalue weighted by molar-refractivity contribution is 7.98. The van der Waals surface area contributed by atoms with Gasteiger partial charge in [0, 0.05) is 16.4 Å². The lowest BCUT2D eigenvalue weighted by Gasteiger charge is -2.15. The minimum absolute atomic E-state index is 0.386. The van der Waals surface area contributed by atoms with Crippen LogP contribution in [0.1, 0.15) is 40.7 Å². The van der Waals surface area contributed by atoms with Crippen LogP contribution in [-0.4, -0.2) is 34.7 Å². The van der Waals surface area contributed by atoms with Gasteiger partial charge < -0.3 is 29.7 Å². The highest BCUT2D eigenvalue weighted by atomic mass is 35.5. The summed E-state index contributed by atoms with van der Waals surface area (Å²) in [6.45, 7) is 1.93. The molecule has 2 unspecified atom stereocenters. The lowest BCUT2D eigenvalue weighted by molar-refractivity contribution is -0.139. The Balaban J connectivity index is 0.000000220. The second kappa shape index (κ2) is 15.4. The first kappa shape index (κ1) is 31.1. The number of thioether (sulfide) groups is 2. The number of benzene rings is 2. The number of nitrogens with one attached hydrogen (secondary N) is 2. The Bertz CT molecular complexity index is 1390. The molecule has 4 aromatic rings. The van der Waals surface area contributed by atoms with Crippen LogP contribution in [0, 0.1) is 6.92 Å². The molecule has 0 saturated carbocycles. The molecule has 0 saturated heterocycles. The molecular formula is C29H31ClN2O6S2. The molecule has 8 nitrogen and oxygen atoms in total. The number of carbonyl (C=O) groups is 2. The second-order valence-corrected chi connectivity index (χ2v) is 10.8. The van der Waals surface area contributed by atoms with Gasteiger partial charge in [-0.2, -0.15) is 23.5 Å². The summed E-state index contributed by atoms with van der Waals surface area (Å²) in [6, 6.07) is 19.6. The molecule has 4 N–H and O–H groups in total. The van der Waals surface area contributed by atoms with E-state index >= 15 is 0 Å². The summed E-state index contributed by atoms with van der Waals surface area (Å²) in [4.78, 5) is 22.8. The number of anilines is 2. The van der Waals surface area contributed by atoms with Gasteiger partial charge >= 0.3 is 11.9 Å². The van der Waals surface area contributed by atoms with Gasteiger partial charge in [0.25, 0.3) is 0 Å². The fraction of sp³-hybridized carbons (Fsp3) is 0.241. The number of para-hydroxylation sites is 1. The quantitative estimate of drug-likeness (QED) is 0.128. The fourth-order valence-corrected chi connectivity index (χ4v) is 4.66. The number of halogens is 1. The maximum absolute atomic E-state index is 11.5. The standard InChI is InChI=1S/C15H17NO3S.C14H14ClNO3S/c1-10-5-3-4-6-12(10)16-14(15(17)18)13-8-7-11(19-13)9-20-2;1-20-8-11-6-7-12(19-11)13(14(17)18)16-10-4-2-9(15)3-5-10/h3-8,14,16H,9H2,1-2H3,(H,17,18);2-7,13,16H,8H2,1H3,(H,17,18). The largest absolute Gasteiger partial charge is 0.479 e. The number of carboxylic acids is 2. The van der Waals surface area contributed by atoms with Crippen molar-refractivity contribution in [3.8, 4) is 0 Å². The lowest BCUT2D eigenvalue weighted by atomic mass is 10.1. The Hall–Kier alpha value is -3.47. The van der Waals surface area contributed by atoms with E-state index in [4.69, 9.17) is 20.4 Å². The van der Waals surface area contributed by atoms with Crippen molar-refractivity contribution in [1.29, 1.82) is 0 Å². The van der Waals surface area contributed by atoms with E-state index < -0.39 is 24.0 Å². The molecule has 2 aromatic heterocycles. The van der Waals surface area contributed by atoms with E-state index in [0.29, 0.717) is 28.0 Å². The topological polar surface area (TPSA) is 125 Å². The normalized spacial score (nSPS) is 12.1. The zero-order valence-corrected chi connectivity index (χ0v) is 24.6. The van der Waals surface area contributed by atoms with E-state index in [1.807, 2.05) is 49.8 Å². The number of aryl methyl sites for hydroxylation is 1. The third-order valence-electron chi connectivity index (χ3n) is 5.60. The molecule has 0 aliphatic rings. The summed E-state index contributed by atoms with van der Waals surface area (Å²) in [5, 5.41) is 25.3. The monoisotopic (exact) mass is 602 g/mol. The van der Waals surface area contributed by atoms with Crippen molar-refractivity contribution in [2.24, 2.45) is 0 Å². The molecule has 0 bridgehead atoms. The number of hydrogen-bond donors (Lipinski definition) is 4. The SMILES string of the molecule is CSCc1ccc(C(Nc2ccc(Cl)cc2)C(=O)O)o1.CSCc1ccc(C(Nc2ccccc2C)C(=O)O)o1. The molecule has 2 atom stereocenters. The van der Waals surface area contributed by atoms with E-state index in [0.717, 1.165) is 28.5 Å². The summed E-state index contributed by atoms with van der Waals surface area (Å²) in [5.74, 6) is 1.84. The van der Waals surface area contributed by atoms with Crippen LogP contribution in [0.25, 0.3) is 0 Å². The summed E-state index contributed by atoms with van der Waals surface area (Å²) in [5.41, 5.74) is 2.46. The van der Waals surface area contributed by atoms with E-state index in [-0.39, 0.29) is 0 Å². The minimum atomic E-state index is -0.995. The number of furan rings is 2. The van der Waals surface area contributed by atoms with Gasteiger partial charge in [-0.3, -0.25) is 0 Å². The Morgan fingerprint density at radius 2 is 1.27 bits per heavy atom. The lowest BCUT2D eigenvalue weighted by Crippen LogP contribution is -2.20. The van der Waals surface area contributed by atoms with Crippen molar-refractivity contribution in [1.82, 2.24) is 0 Å². The molecule has 0 aliphatic heterocycles. The minimum Gasteiger partial charge on any atom is -0.479 e. The molecule has 2 heterocycles. The van der Waals surface area contributed by atoms with Crippen molar-refractivity contribution in [3.05, 3.63) is 106 Å². The van der Waals surface area contributed by atoms with Crippen molar-refractivity contribution in [3.63, 3.8) is 0 Å². The number of aliphatic carboxylic acids is 2. The Kier molecular flexibility index (Phi) is 11.9. The van der Waals surface area contributed by atoms with E-state index in [9.17, 15) is 19.8 Å². The van der Waals surface area contributed by atoms with Crippen LogP contribution in [0.2, 0.25) is 5.02 Å². The van der Waals surface area contributed by atoms with Crippen LogP contribution < -0.4 is 10.6 Å². The second-order valence-electron chi connectivity index (χ2n) is 8.63. The first-order chi connectivity index (χ1) is 19.2. The fourth-order valence-electron chi connectivity index (χ4n) is 3.65. The van der Waals surface area contributed by atoms with Crippen LogP contribution in [0.15, 0.2) is 81.6 Å². The van der Waals surface area contributed by atoms with Gasteiger partial charge in [0.05, 0.1) is 11.5 Å². The van der Waals surface area contributed by atoms with Gasteiger partial charge in [-0.1, -0.05) is 29.8 Å². The van der Waals surface area contributed by atoms with Gasteiger partial charge in [0.1, 0.15) is 23.0 Å². The smallest absolute Gasteiger partial charge is 0.334 e. The van der Waals surface area contributed by atoms with Crippen molar-refractivity contribution in [2.75, 3.05) is 23.1 Å². The molecule has 40 heavy (non-hydrogen) atoms. The molecule has 2 aromatic carbocycles. The summed E-state index contributed by atoms with van der Waals surface area (Å²) >= 11 is 9.05. The van der Waals surface area contributed by atoms with Crippen LogP contribution in [0.4, 0.5) is 11.4 Å². The van der Waals surface area contributed by atoms with E-state index in [2.05, 4.69) is 10.6 Å². The first-order valence-electron chi connectivity index (χ1n) is 12.2. The highest BCUT2D eigenvalue weighted by Crippen LogP contribution is 2.26. The maximum Gasteiger partial charge on any atom is 0.334 e. The summed E-state index contributed by atoms with van der Waals surface area (Å²) < 4.78 is 11.1. The zero-order valence-electron chi connectivity index (χ0n) is 22.2. The Morgan fingerprint density at radius 1 is 0.775 bits per heavy atom. The van der Waals surface area contributed by atoms with Gasteiger partial charge in [0.15, 0.2) is 12.1 Å². The van der Waals surface area contributed by atoms with Crippen molar-refractivity contribution in [2.45, 2.75) is 30.5 Å². The molecular weight excluding hydrogens is 572 g/mol.